The smallest absolute Gasteiger partial charge is 0.296 e. The van der Waals surface area contributed by atoms with Crippen LogP contribution in [0.25, 0.3) is 10.8 Å². The number of nitrogens with zero attached hydrogens (tertiary/aromatic N) is 2. The lowest BCUT2D eigenvalue weighted by atomic mass is 10.1. The third kappa shape index (κ3) is 5.66. The van der Waals surface area contributed by atoms with E-state index in [0.717, 1.165) is 6.07 Å². The Balaban J connectivity index is 1.72. The molecular weight excluding hydrogens is 514 g/mol. The highest BCUT2D eigenvalue weighted by molar-refractivity contribution is 7.86. The van der Waals surface area contributed by atoms with Crippen molar-refractivity contribution in [1.29, 1.82) is 0 Å². The Kier molecular flexibility index (Phi) is 7.46. The number of carbonyl (C=O) groups is 1. The van der Waals surface area contributed by atoms with Gasteiger partial charge in [-0.3, -0.25) is 9.35 Å². The molecule has 0 aliphatic rings. The molecule has 0 heterocycles. The number of azo groups is 1. The number of aromatic hydroxyl groups is 1. The van der Waals surface area contributed by atoms with Crippen LogP contribution < -0.4 is 19.5 Å². The summed E-state index contributed by atoms with van der Waals surface area (Å²) in [6.45, 7) is 0. The molecule has 11 nitrogen and oxygen atoms in total. The minimum absolute atomic E-state index is 0.222. The molecule has 0 unspecified atom stereocenters. The van der Waals surface area contributed by atoms with Crippen LogP contribution in [0.3, 0.4) is 0 Å². The monoisotopic (exact) mass is 537 g/mol. The Hall–Kier alpha value is -4.68. The maximum Gasteiger partial charge on any atom is 0.296 e. The molecule has 12 heteroatoms. The van der Waals surface area contributed by atoms with Crippen molar-refractivity contribution in [2.45, 2.75) is 4.90 Å². The van der Waals surface area contributed by atoms with Gasteiger partial charge in [0.25, 0.3) is 16.0 Å². The fourth-order valence-electron chi connectivity index (χ4n) is 3.62. The van der Waals surface area contributed by atoms with E-state index in [1.165, 1.54) is 51.7 Å². The first-order chi connectivity index (χ1) is 18.1. The maximum absolute atomic E-state index is 12.9. The van der Waals surface area contributed by atoms with E-state index in [0.29, 0.717) is 28.6 Å². The topological polar surface area (TPSA) is 156 Å². The van der Waals surface area contributed by atoms with Crippen LogP contribution in [0, 0.1) is 0 Å². The van der Waals surface area contributed by atoms with Crippen LogP contribution >= 0.6 is 0 Å². The summed E-state index contributed by atoms with van der Waals surface area (Å²) in [5, 5.41) is 21.9. The molecule has 0 aliphatic heterocycles. The van der Waals surface area contributed by atoms with Crippen molar-refractivity contribution in [2.24, 2.45) is 10.2 Å². The number of fused-ring (bicyclic) bond motifs is 1. The number of phenols is 1. The summed E-state index contributed by atoms with van der Waals surface area (Å²) < 4.78 is 49.6. The molecule has 4 aromatic carbocycles. The molecule has 38 heavy (non-hydrogen) atoms. The Morgan fingerprint density at radius 3 is 2.03 bits per heavy atom. The first-order valence-electron chi connectivity index (χ1n) is 11.0. The fourth-order valence-corrected chi connectivity index (χ4v) is 4.28. The number of methoxy groups -OCH3 is 3. The average molecular weight is 538 g/mol. The van der Waals surface area contributed by atoms with Crippen LogP contribution in [0.15, 0.2) is 81.9 Å². The van der Waals surface area contributed by atoms with Crippen molar-refractivity contribution >= 4 is 43.9 Å². The van der Waals surface area contributed by atoms with Gasteiger partial charge in [0, 0.05) is 22.7 Å². The van der Waals surface area contributed by atoms with Crippen LogP contribution in [0.5, 0.6) is 23.0 Å². The molecule has 0 saturated carbocycles. The van der Waals surface area contributed by atoms with Crippen LogP contribution in [-0.2, 0) is 10.1 Å². The summed E-state index contributed by atoms with van der Waals surface area (Å²) in [6, 6.07) is 16.7. The minimum atomic E-state index is -4.81. The standard InChI is InChI=1S/C26H23N3O8S/c1-35-19-7-4-17(5-8-19)28-29-24-23(38(32,33)34)13-15-10-18(6-9-22(15)25(24)30)27-26(31)16-11-20(36-2)14-21(12-16)37-3/h4-14,30H,1-3H3,(H,27,31)(H,32,33,34). The summed E-state index contributed by atoms with van der Waals surface area (Å²) in [6.07, 6.45) is 0. The van der Waals surface area contributed by atoms with Gasteiger partial charge in [-0.1, -0.05) is 0 Å². The lowest BCUT2D eigenvalue weighted by Gasteiger charge is -2.12. The molecule has 0 spiro atoms. The molecule has 0 radical (unpaired) electrons. The van der Waals surface area contributed by atoms with E-state index in [-0.39, 0.29) is 16.3 Å². The van der Waals surface area contributed by atoms with Gasteiger partial charge in [0.05, 0.1) is 27.0 Å². The quantitative estimate of drug-likeness (QED) is 0.197. The highest BCUT2D eigenvalue weighted by Crippen LogP contribution is 2.42. The number of benzene rings is 4. The second-order valence-electron chi connectivity index (χ2n) is 7.94. The molecular formula is C26H23N3O8S. The highest BCUT2D eigenvalue weighted by Gasteiger charge is 2.22. The molecule has 0 atom stereocenters. The molecule has 0 aromatic heterocycles. The Morgan fingerprint density at radius 2 is 1.45 bits per heavy atom. The molecule has 0 saturated heterocycles. The van der Waals surface area contributed by atoms with Gasteiger partial charge in [-0.25, -0.2) is 0 Å². The minimum Gasteiger partial charge on any atom is -0.505 e. The number of ether oxygens (including phenoxy) is 3. The van der Waals surface area contributed by atoms with Crippen molar-refractivity contribution < 1.29 is 37.1 Å². The number of rotatable bonds is 8. The number of hydrogen-bond acceptors (Lipinski definition) is 9. The zero-order valence-corrected chi connectivity index (χ0v) is 21.3. The predicted molar refractivity (Wildman–Crippen MR) is 140 cm³/mol. The molecule has 0 fully saturated rings. The van der Waals surface area contributed by atoms with E-state index >= 15 is 0 Å². The third-order valence-electron chi connectivity index (χ3n) is 5.54. The lowest BCUT2D eigenvalue weighted by molar-refractivity contribution is 0.102. The van der Waals surface area contributed by atoms with Gasteiger partial charge >= 0.3 is 0 Å². The van der Waals surface area contributed by atoms with Crippen molar-refractivity contribution in [3.05, 3.63) is 72.3 Å². The Labute approximate surface area is 218 Å². The summed E-state index contributed by atoms with van der Waals surface area (Å²) >= 11 is 0. The van der Waals surface area contributed by atoms with Crippen LogP contribution in [-0.4, -0.2) is 45.3 Å². The summed E-state index contributed by atoms with van der Waals surface area (Å²) in [7, 11) is -0.373. The van der Waals surface area contributed by atoms with Gasteiger partial charge < -0.3 is 24.6 Å². The number of nitrogens with one attached hydrogen (secondary N) is 1. The molecule has 0 bridgehead atoms. The van der Waals surface area contributed by atoms with Crippen molar-refractivity contribution in [3.8, 4) is 23.0 Å². The van der Waals surface area contributed by atoms with Crippen LogP contribution in [0.1, 0.15) is 10.4 Å². The van der Waals surface area contributed by atoms with Crippen LogP contribution in [0.4, 0.5) is 17.1 Å². The summed E-state index contributed by atoms with van der Waals surface area (Å²) in [5.41, 5.74) is 0.490. The van der Waals surface area contributed by atoms with Crippen LogP contribution in [0.2, 0.25) is 0 Å². The van der Waals surface area contributed by atoms with Gasteiger partial charge in [-0.2, -0.15) is 13.5 Å². The van der Waals surface area contributed by atoms with Gasteiger partial charge in [-0.05, 0) is 66.0 Å². The average Bonchev–Trinajstić information content (AvgIpc) is 2.91. The molecule has 1 amide bonds. The Morgan fingerprint density at radius 1 is 0.816 bits per heavy atom. The first-order valence-corrected chi connectivity index (χ1v) is 12.4. The number of amides is 1. The normalized spacial score (nSPS) is 11.5. The van der Waals surface area contributed by atoms with E-state index in [4.69, 9.17) is 14.2 Å². The summed E-state index contributed by atoms with van der Waals surface area (Å²) in [5.74, 6) is 0.442. The number of hydrogen-bond donors (Lipinski definition) is 3. The molecule has 3 N–H and O–H groups in total. The Bertz CT molecular complexity index is 1630. The van der Waals surface area contributed by atoms with Crippen molar-refractivity contribution in [3.63, 3.8) is 0 Å². The largest absolute Gasteiger partial charge is 0.505 e. The maximum atomic E-state index is 12.9. The van der Waals surface area contributed by atoms with E-state index < -0.39 is 32.4 Å². The molecule has 0 aliphatic carbocycles. The SMILES string of the molecule is COc1ccc(N=Nc2c(S(=O)(=O)O)cc3cc(NC(=O)c4cc(OC)cc(OC)c4)ccc3c2O)cc1. The summed E-state index contributed by atoms with van der Waals surface area (Å²) in [4.78, 5) is 12.2. The van der Waals surface area contributed by atoms with Crippen molar-refractivity contribution in [1.82, 2.24) is 0 Å². The van der Waals surface area contributed by atoms with Gasteiger partial charge in [0.15, 0.2) is 5.75 Å². The first kappa shape index (κ1) is 26.4. The van der Waals surface area contributed by atoms with Gasteiger partial charge in [0.1, 0.15) is 27.8 Å². The van der Waals surface area contributed by atoms with Crippen molar-refractivity contribution in [2.75, 3.05) is 26.6 Å². The van der Waals surface area contributed by atoms with Gasteiger partial charge in [0.2, 0.25) is 0 Å². The number of anilines is 1. The van der Waals surface area contributed by atoms with E-state index in [1.807, 2.05) is 0 Å². The number of phenolic OH excluding ortho intramolecular Hbond substituents is 1. The highest BCUT2D eigenvalue weighted by atomic mass is 32.2. The third-order valence-corrected chi connectivity index (χ3v) is 6.41. The lowest BCUT2D eigenvalue weighted by Crippen LogP contribution is -2.12. The second-order valence-corrected chi connectivity index (χ2v) is 9.33. The molecule has 196 valence electrons. The van der Waals surface area contributed by atoms with E-state index in [1.54, 1.807) is 30.3 Å². The van der Waals surface area contributed by atoms with Gasteiger partial charge in [-0.15, -0.1) is 5.11 Å². The fraction of sp³-hybridized carbons (Fsp3) is 0.115. The molecule has 4 aromatic rings. The second kappa shape index (κ2) is 10.7. The number of carbonyl (C=O) groups excluding carboxylic acids is 1. The molecule has 4 rings (SSSR count). The zero-order valence-electron chi connectivity index (χ0n) is 20.5. The van der Waals surface area contributed by atoms with E-state index in [2.05, 4.69) is 15.5 Å². The predicted octanol–water partition coefficient (Wildman–Crippen LogP) is 5.49. The van der Waals surface area contributed by atoms with E-state index in [9.17, 15) is 22.9 Å². The zero-order chi connectivity index (χ0) is 27.4.